The zero-order chi connectivity index (χ0) is 23.8. The van der Waals surface area contributed by atoms with Crippen LogP contribution in [0.15, 0.2) is 71.8 Å². The monoisotopic (exact) mass is 470 g/mol. The number of nitrogens with zero attached hydrogens (tertiary/aromatic N) is 1. The maximum atomic E-state index is 12.7. The summed E-state index contributed by atoms with van der Waals surface area (Å²) in [4.78, 5) is 28.7. The van der Waals surface area contributed by atoms with Crippen LogP contribution in [0.25, 0.3) is 0 Å². The summed E-state index contributed by atoms with van der Waals surface area (Å²) in [5, 5.41) is 0. The number of anilines is 1. The lowest BCUT2D eigenvalue weighted by atomic mass is 10.2. The number of hydrazine groups is 1. The van der Waals surface area contributed by atoms with Crippen LogP contribution in [-0.4, -0.2) is 38.9 Å². The van der Waals surface area contributed by atoms with Crippen molar-refractivity contribution in [1.82, 2.24) is 15.8 Å². The molecule has 0 bridgehead atoms. The molecule has 0 fully saturated rings. The summed E-state index contributed by atoms with van der Waals surface area (Å²) in [6.45, 7) is 2.07. The van der Waals surface area contributed by atoms with Gasteiger partial charge in [-0.15, -0.1) is 0 Å². The van der Waals surface area contributed by atoms with Gasteiger partial charge in [0.25, 0.3) is 21.8 Å². The van der Waals surface area contributed by atoms with Crippen molar-refractivity contribution in [3.05, 3.63) is 78.0 Å². The smallest absolute Gasteiger partial charge is 0.275 e. The SMILES string of the molecule is CCOc1ncccc1C(=O)NNC(=O)c1cccc(S(=O)(=O)Nc2ccc(OC)cc2)c1. The summed E-state index contributed by atoms with van der Waals surface area (Å²) >= 11 is 0. The quantitative estimate of drug-likeness (QED) is 0.430. The molecule has 0 aliphatic rings. The van der Waals surface area contributed by atoms with Crippen molar-refractivity contribution >= 4 is 27.5 Å². The first-order valence-electron chi connectivity index (χ1n) is 9.79. The van der Waals surface area contributed by atoms with Gasteiger partial charge in [0.1, 0.15) is 11.3 Å². The normalized spacial score (nSPS) is 10.7. The van der Waals surface area contributed by atoms with Gasteiger partial charge in [0, 0.05) is 17.4 Å². The van der Waals surface area contributed by atoms with Crippen LogP contribution in [0.1, 0.15) is 27.6 Å². The van der Waals surface area contributed by atoms with Gasteiger partial charge in [-0.25, -0.2) is 13.4 Å². The summed E-state index contributed by atoms with van der Waals surface area (Å²) in [6, 6.07) is 14.8. The fourth-order valence-corrected chi connectivity index (χ4v) is 3.85. The number of hydrogen-bond acceptors (Lipinski definition) is 7. The van der Waals surface area contributed by atoms with E-state index in [1.165, 1.54) is 43.6 Å². The minimum absolute atomic E-state index is 0.0316. The fraction of sp³-hybridized carbons (Fsp3) is 0.136. The molecule has 0 atom stereocenters. The number of rotatable bonds is 8. The highest BCUT2D eigenvalue weighted by atomic mass is 32.2. The third kappa shape index (κ3) is 5.98. The van der Waals surface area contributed by atoms with E-state index in [2.05, 4.69) is 20.6 Å². The predicted molar refractivity (Wildman–Crippen MR) is 121 cm³/mol. The predicted octanol–water partition coefficient (Wildman–Crippen LogP) is 2.36. The number of sulfonamides is 1. The standard InChI is InChI=1S/C22H22N4O6S/c1-3-32-22-19(8-5-13-23-22)21(28)25-24-20(27)15-6-4-7-18(14-15)33(29,30)26-16-9-11-17(31-2)12-10-16/h4-14,26H,3H2,1-2H3,(H,24,27)(H,25,28). The van der Waals surface area contributed by atoms with Gasteiger partial charge in [0.05, 0.1) is 18.6 Å². The van der Waals surface area contributed by atoms with Crippen molar-refractivity contribution in [1.29, 1.82) is 0 Å². The molecule has 0 spiro atoms. The lowest BCUT2D eigenvalue weighted by molar-refractivity contribution is 0.0844. The lowest BCUT2D eigenvalue weighted by Gasteiger charge is -2.12. The summed E-state index contributed by atoms with van der Waals surface area (Å²) in [7, 11) is -2.45. The zero-order valence-electron chi connectivity index (χ0n) is 17.9. The van der Waals surface area contributed by atoms with Gasteiger partial charge in [-0.05, 0) is 61.5 Å². The minimum Gasteiger partial charge on any atom is -0.497 e. The van der Waals surface area contributed by atoms with E-state index in [-0.39, 0.29) is 21.9 Å². The number of carbonyl (C=O) groups excluding carboxylic acids is 2. The molecule has 1 heterocycles. The highest BCUT2D eigenvalue weighted by Crippen LogP contribution is 2.20. The average molecular weight is 471 g/mol. The molecule has 0 saturated heterocycles. The molecular weight excluding hydrogens is 448 g/mol. The second-order valence-corrected chi connectivity index (χ2v) is 8.24. The van der Waals surface area contributed by atoms with Gasteiger partial charge in [-0.1, -0.05) is 6.07 Å². The molecule has 172 valence electrons. The van der Waals surface area contributed by atoms with E-state index in [0.29, 0.717) is 18.0 Å². The summed E-state index contributed by atoms with van der Waals surface area (Å²) in [6.07, 6.45) is 1.48. The molecule has 11 heteroatoms. The molecular formula is C22H22N4O6S. The first-order chi connectivity index (χ1) is 15.8. The Balaban J connectivity index is 1.69. The van der Waals surface area contributed by atoms with Crippen LogP contribution in [0.5, 0.6) is 11.6 Å². The van der Waals surface area contributed by atoms with E-state index in [1.807, 2.05) is 0 Å². The minimum atomic E-state index is -3.96. The van der Waals surface area contributed by atoms with Crippen molar-refractivity contribution in [2.75, 3.05) is 18.4 Å². The zero-order valence-corrected chi connectivity index (χ0v) is 18.7. The maximum Gasteiger partial charge on any atom is 0.275 e. The molecule has 0 aliphatic heterocycles. The van der Waals surface area contributed by atoms with Crippen molar-refractivity contribution in [2.45, 2.75) is 11.8 Å². The highest BCUT2D eigenvalue weighted by molar-refractivity contribution is 7.92. The molecule has 3 rings (SSSR count). The van der Waals surface area contributed by atoms with Gasteiger partial charge in [-0.3, -0.25) is 25.2 Å². The Morgan fingerprint density at radius 1 is 0.970 bits per heavy atom. The number of aromatic nitrogens is 1. The Morgan fingerprint density at radius 2 is 1.70 bits per heavy atom. The second kappa shape index (κ2) is 10.5. The number of ether oxygens (including phenoxy) is 2. The molecule has 3 N–H and O–H groups in total. The maximum absolute atomic E-state index is 12.7. The van der Waals surface area contributed by atoms with Crippen LogP contribution in [0.3, 0.4) is 0 Å². The lowest BCUT2D eigenvalue weighted by Crippen LogP contribution is -2.41. The number of benzene rings is 2. The summed E-state index contributed by atoms with van der Waals surface area (Å²) < 4.78 is 38.2. The fourth-order valence-electron chi connectivity index (χ4n) is 2.75. The van der Waals surface area contributed by atoms with Crippen LogP contribution in [0.2, 0.25) is 0 Å². The van der Waals surface area contributed by atoms with Gasteiger partial charge in [0.15, 0.2) is 0 Å². The number of amides is 2. The molecule has 3 aromatic rings. The number of carbonyl (C=O) groups is 2. The molecule has 1 aromatic heterocycles. The number of pyridine rings is 1. The van der Waals surface area contributed by atoms with Crippen LogP contribution >= 0.6 is 0 Å². The molecule has 0 unspecified atom stereocenters. The Kier molecular flexibility index (Phi) is 7.46. The van der Waals surface area contributed by atoms with E-state index in [4.69, 9.17) is 9.47 Å². The van der Waals surface area contributed by atoms with Crippen LogP contribution in [0, 0.1) is 0 Å². The van der Waals surface area contributed by atoms with Crippen LogP contribution in [-0.2, 0) is 10.0 Å². The molecule has 0 aliphatic carbocycles. The molecule has 33 heavy (non-hydrogen) atoms. The number of nitrogens with one attached hydrogen (secondary N) is 3. The second-order valence-electron chi connectivity index (χ2n) is 6.56. The topological polar surface area (TPSA) is 136 Å². The van der Waals surface area contributed by atoms with E-state index in [1.54, 1.807) is 37.3 Å². The Hall–Kier alpha value is -4.12. The molecule has 2 aromatic carbocycles. The van der Waals surface area contributed by atoms with Crippen molar-refractivity contribution < 1.29 is 27.5 Å². The third-order valence-corrected chi connectivity index (χ3v) is 5.71. The molecule has 2 amide bonds. The van der Waals surface area contributed by atoms with E-state index >= 15 is 0 Å². The summed E-state index contributed by atoms with van der Waals surface area (Å²) in [5.41, 5.74) is 5.03. The van der Waals surface area contributed by atoms with Crippen molar-refractivity contribution in [3.63, 3.8) is 0 Å². The van der Waals surface area contributed by atoms with E-state index < -0.39 is 21.8 Å². The number of methoxy groups -OCH3 is 1. The van der Waals surface area contributed by atoms with E-state index in [0.717, 1.165) is 0 Å². The van der Waals surface area contributed by atoms with Crippen molar-refractivity contribution in [3.8, 4) is 11.6 Å². The summed E-state index contributed by atoms with van der Waals surface area (Å²) in [5.74, 6) is -0.626. The van der Waals surface area contributed by atoms with Crippen LogP contribution < -0.4 is 25.0 Å². The van der Waals surface area contributed by atoms with E-state index in [9.17, 15) is 18.0 Å². The molecule has 0 radical (unpaired) electrons. The average Bonchev–Trinajstić information content (AvgIpc) is 2.83. The largest absolute Gasteiger partial charge is 0.497 e. The number of hydrogen-bond donors (Lipinski definition) is 3. The Labute approximate surface area is 191 Å². The molecule has 0 saturated carbocycles. The first-order valence-corrected chi connectivity index (χ1v) is 11.3. The van der Waals surface area contributed by atoms with Gasteiger partial charge in [-0.2, -0.15) is 0 Å². The highest BCUT2D eigenvalue weighted by Gasteiger charge is 2.18. The Bertz CT molecular complexity index is 1250. The van der Waals surface area contributed by atoms with Gasteiger partial charge >= 0.3 is 0 Å². The van der Waals surface area contributed by atoms with Gasteiger partial charge in [0.2, 0.25) is 5.88 Å². The van der Waals surface area contributed by atoms with Gasteiger partial charge < -0.3 is 9.47 Å². The Morgan fingerprint density at radius 3 is 2.39 bits per heavy atom. The van der Waals surface area contributed by atoms with Crippen LogP contribution in [0.4, 0.5) is 5.69 Å². The molecule has 10 nitrogen and oxygen atoms in total. The first kappa shape index (κ1) is 23.5. The van der Waals surface area contributed by atoms with Crippen molar-refractivity contribution in [2.24, 2.45) is 0 Å². The third-order valence-electron chi connectivity index (χ3n) is 4.34.